The summed E-state index contributed by atoms with van der Waals surface area (Å²) in [5, 5.41) is 0. The van der Waals surface area contributed by atoms with E-state index in [9.17, 15) is 0 Å². The standard InChI is InChI=1S/C18H28N4O/c1-5-16-13-23-18(4,8-7-14(2)3)22(16)12-15-11-21-10-6-9-19-17(21)20-15/h6,9-11,14,16H,5,7-8,12-13H2,1-4H3. The molecule has 1 saturated heterocycles. The van der Waals surface area contributed by atoms with Crippen LogP contribution in [0.4, 0.5) is 0 Å². The zero-order chi connectivity index (χ0) is 16.4. The molecule has 0 saturated carbocycles. The third-order valence-electron chi connectivity index (χ3n) is 4.91. The van der Waals surface area contributed by atoms with Gasteiger partial charge in [-0.2, -0.15) is 0 Å². The molecule has 1 fully saturated rings. The first-order valence-corrected chi connectivity index (χ1v) is 8.71. The molecule has 2 aromatic heterocycles. The van der Waals surface area contributed by atoms with Crippen molar-refractivity contribution in [2.75, 3.05) is 6.61 Å². The highest BCUT2D eigenvalue weighted by atomic mass is 16.5. The second-order valence-electron chi connectivity index (χ2n) is 7.17. The number of aromatic nitrogens is 3. The molecule has 0 N–H and O–H groups in total. The molecule has 0 aromatic carbocycles. The van der Waals surface area contributed by atoms with Crippen molar-refractivity contribution in [1.29, 1.82) is 0 Å². The topological polar surface area (TPSA) is 42.7 Å². The van der Waals surface area contributed by atoms with E-state index in [0.29, 0.717) is 12.0 Å². The minimum atomic E-state index is -0.186. The van der Waals surface area contributed by atoms with Gasteiger partial charge in [0.15, 0.2) is 0 Å². The van der Waals surface area contributed by atoms with Crippen molar-refractivity contribution in [2.24, 2.45) is 5.92 Å². The van der Waals surface area contributed by atoms with Crippen molar-refractivity contribution >= 4 is 5.78 Å². The van der Waals surface area contributed by atoms with Crippen LogP contribution in [0.2, 0.25) is 0 Å². The molecule has 0 spiro atoms. The summed E-state index contributed by atoms with van der Waals surface area (Å²) in [6.07, 6.45) is 9.20. The third-order valence-corrected chi connectivity index (χ3v) is 4.91. The van der Waals surface area contributed by atoms with Crippen molar-refractivity contribution < 1.29 is 4.74 Å². The molecule has 5 nitrogen and oxygen atoms in total. The molecule has 3 rings (SSSR count). The van der Waals surface area contributed by atoms with Gasteiger partial charge in [0.25, 0.3) is 0 Å². The molecule has 0 amide bonds. The summed E-state index contributed by atoms with van der Waals surface area (Å²) in [6.45, 7) is 10.6. The summed E-state index contributed by atoms with van der Waals surface area (Å²) in [4.78, 5) is 11.5. The van der Waals surface area contributed by atoms with Crippen molar-refractivity contribution in [3.05, 3.63) is 30.4 Å². The van der Waals surface area contributed by atoms with E-state index < -0.39 is 0 Å². The molecule has 1 aliphatic rings. The third kappa shape index (κ3) is 3.40. The fourth-order valence-electron chi connectivity index (χ4n) is 3.37. The molecule has 0 bridgehead atoms. The van der Waals surface area contributed by atoms with Crippen LogP contribution in [-0.2, 0) is 11.3 Å². The van der Waals surface area contributed by atoms with Gasteiger partial charge >= 0.3 is 0 Å². The second kappa shape index (κ2) is 6.57. The Morgan fingerprint density at radius 1 is 1.43 bits per heavy atom. The van der Waals surface area contributed by atoms with E-state index in [1.165, 1.54) is 6.42 Å². The number of hydrogen-bond acceptors (Lipinski definition) is 4. The molecule has 3 heterocycles. The van der Waals surface area contributed by atoms with Gasteiger partial charge in [-0.15, -0.1) is 0 Å². The molecule has 2 aromatic rings. The van der Waals surface area contributed by atoms with Crippen molar-refractivity contribution in [1.82, 2.24) is 19.3 Å². The van der Waals surface area contributed by atoms with Gasteiger partial charge in [-0.25, -0.2) is 9.97 Å². The van der Waals surface area contributed by atoms with E-state index in [1.807, 2.05) is 16.7 Å². The summed E-state index contributed by atoms with van der Waals surface area (Å²) in [7, 11) is 0. The molecule has 0 radical (unpaired) electrons. The normalized spacial score (nSPS) is 25.7. The molecule has 126 valence electrons. The Labute approximate surface area is 138 Å². The van der Waals surface area contributed by atoms with Crippen LogP contribution in [0.25, 0.3) is 5.78 Å². The smallest absolute Gasteiger partial charge is 0.233 e. The first-order chi connectivity index (χ1) is 11.0. The number of fused-ring (bicyclic) bond motifs is 1. The fraction of sp³-hybridized carbons (Fsp3) is 0.667. The van der Waals surface area contributed by atoms with Gasteiger partial charge in [-0.05, 0) is 38.2 Å². The monoisotopic (exact) mass is 316 g/mol. The molecule has 5 heteroatoms. The predicted molar refractivity (Wildman–Crippen MR) is 91.0 cm³/mol. The number of hydrogen-bond donors (Lipinski definition) is 0. The number of nitrogens with zero attached hydrogens (tertiary/aromatic N) is 4. The lowest BCUT2D eigenvalue weighted by atomic mass is 9.99. The molecular weight excluding hydrogens is 288 g/mol. The SMILES string of the molecule is CCC1COC(C)(CCC(C)C)N1Cc1cn2cccnc2n1. The Kier molecular flexibility index (Phi) is 4.69. The minimum absolute atomic E-state index is 0.186. The first-order valence-electron chi connectivity index (χ1n) is 8.71. The van der Waals surface area contributed by atoms with Gasteiger partial charge < -0.3 is 4.74 Å². The zero-order valence-electron chi connectivity index (χ0n) is 14.7. The average Bonchev–Trinajstić information content (AvgIpc) is 3.07. The quantitative estimate of drug-likeness (QED) is 0.818. The van der Waals surface area contributed by atoms with Gasteiger partial charge in [-0.1, -0.05) is 20.8 Å². The van der Waals surface area contributed by atoms with Crippen LogP contribution < -0.4 is 0 Å². The molecular formula is C18H28N4O. The highest BCUT2D eigenvalue weighted by molar-refractivity contribution is 5.29. The lowest BCUT2D eigenvalue weighted by Crippen LogP contribution is -2.45. The van der Waals surface area contributed by atoms with Gasteiger partial charge in [0.1, 0.15) is 5.72 Å². The highest BCUT2D eigenvalue weighted by Crippen LogP contribution is 2.35. The lowest BCUT2D eigenvalue weighted by Gasteiger charge is -2.36. The van der Waals surface area contributed by atoms with Crippen LogP contribution >= 0.6 is 0 Å². The Morgan fingerprint density at radius 3 is 2.96 bits per heavy atom. The highest BCUT2D eigenvalue weighted by Gasteiger charge is 2.43. The average molecular weight is 316 g/mol. The Balaban J connectivity index is 1.81. The van der Waals surface area contributed by atoms with Crippen molar-refractivity contribution in [3.63, 3.8) is 0 Å². The van der Waals surface area contributed by atoms with E-state index in [2.05, 4.69) is 48.8 Å². The van der Waals surface area contributed by atoms with E-state index >= 15 is 0 Å². The molecule has 0 aliphatic carbocycles. The van der Waals surface area contributed by atoms with Crippen molar-refractivity contribution in [2.45, 2.75) is 65.3 Å². The summed E-state index contributed by atoms with van der Waals surface area (Å²) >= 11 is 0. The summed E-state index contributed by atoms with van der Waals surface area (Å²) in [6, 6.07) is 2.39. The maximum Gasteiger partial charge on any atom is 0.233 e. The molecule has 2 atom stereocenters. The summed E-state index contributed by atoms with van der Waals surface area (Å²) < 4.78 is 8.21. The van der Waals surface area contributed by atoms with E-state index in [4.69, 9.17) is 4.74 Å². The lowest BCUT2D eigenvalue weighted by molar-refractivity contribution is -0.0833. The maximum absolute atomic E-state index is 6.23. The van der Waals surface area contributed by atoms with Crippen LogP contribution in [0.15, 0.2) is 24.7 Å². The van der Waals surface area contributed by atoms with Crippen LogP contribution in [-0.4, -0.2) is 37.6 Å². The Hall–Kier alpha value is -1.46. The number of ether oxygens (including phenoxy) is 1. The van der Waals surface area contributed by atoms with Crippen LogP contribution in [0.1, 0.15) is 52.7 Å². The number of rotatable bonds is 6. The summed E-state index contributed by atoms with van der Waals surface area (Å²) in [5.41, 5.74) is 0.872. The predicted octanol–water partition coefficient (Wildman–Crippen LogP) is 3.49. The van der Waals surface area contributed by atoms with Gasteiger partial charge in [-0.3, -0.25) is 9.30 Å². The zero-order valence-corrected chi connectivity index (χ0v) is 14.7. The maximum atomic E-state index is 6.23. The van der Waals surface area contributed by atoms with E-state index in [1.54, 1.807) is 6.20 Å². The van der Waals surface area contributed by atoms with Crippen molar-refractivity contribution in [3.8, 4) is 0 Å². The van der Waals surface area contributed by atoms with Gasteiger partial charge in [0, 0.05) is 31.2 Å². The summed E-state index contributed by atoms with van der Waals surface area (Å²) in [5.74, 6) is 1.46. The second-order valence-corrected chi connectivity index (χ2v) is 7.17. The molecule has 1 aliphatic heterocycles. The number of imidazole rings is 1. The van der Waals surface area contributed by atoms with Crippen LogP contribution in [0.3, 0.4) is 0 Å². The minimum Gasteiger partial charge on any atom is -0.359 e. The Morgan fingerprint density at radius 2 is 2.26 bits per heavy atom. The molecule has 2 unspecified atom stereocenters. The van der Waals surface area contributed by atoms with Crippen LogP contribution in [0, 0.1) is 5.92 Å². The van der Waals surface area contributed by atoms with Gasteiger partial charge in [0.2, 0.25) is 5.78 Å². The Bertz CT molecular complexity index is 620. The fourth-order valence-corrected chi connectivity index (χ4v) is 3.37. The largest absolute Gasteiger partial charge is 0.359 e. The van der Waals surface area contributed by atoms with Gasteiger partial charge in [0.05, 0.1) is 12.3 Å². The van der Waals surface area contributed by atoms with E-state index in [0.717, 1.165) is 37.5 Å². The van der Waals surface area contributed by atoms with E-state index in [-0.39, 0.29) is 5.72 Å². The molecule has 23 heavy (non-hydrogen) atoms. The van der Waals surface area contributed by atoms with Crippen LogP contribution in [0.5, 0.6) is 0 Å². The first kappa shape index (κ1) is 16.4.